The van der Waals surface area contributed by atoms with E-state index in [4.69, 9.17) is 4.74 Å². The fraction of sp³-hybridized carbons (Fsp3) is 0.364. The summed E-state index contributed by atoms with van der Waals surface area (Å²) < 4.78 is 4.97. The molecule has 3 heteroatoms. The van der Waals surface area contributed by atoms with E-state index in [0.717, 1.165) is 23.8 Å². The minimum absolute atomic E-state index is 0.124. The van der Waals surface area contributed by atoms with E-state index < -0.39 is 0 Å². The lowest BCUT2D eigenvalue weighted by molar-refractivity contribution is -0.107. The Hall–Kier alpha value is -1.51. The molecule has 14 heavy (non-hydrogen) atoms. The van der Waals surface area contributed by atoms with Crippen molar-refractivity contribution < 1.29 is 14.6 Å². The summed E-state index contributed by atoms with van der Waals surface area (Å²) in [4.78, 5) is 10.4. The maximum Gasteiger partial charge on any atom is 0.160 e. The summed E-state index contributed by atoms with van der Waals surface area (Å²) in [6.45, 7) is 1.98. The van der Waals surface area contributed by atoms with E-state index in [2.05, 4.69) is 0 Å². The van der Waals surface area contributed by atoms with Crippen LogP contribution in [-0.2, 0) is 17.6 Å². The molecule has 0 aliphatic carbocycles. The second-order valence-electron chi connectivity index (χ2n) is 3.02. The fourth-order valence-electron chi connectivity index (χ4n) is 1.43. The topological polar surface area (TPSA) is 46.5 Å². The van der Waals surface area contributed by atoms with Gasteiger partial charge in [0.1, 0.15) is 6.29 Å². The van der Waals surface area contributed by atoms with Crippen molar-refractivity contribution >= 4 is 6.29 Å². The number of aryl methyl sites for hydroxylation is 1. The molecule has 0 saturated heterocycles. The molecule has 1 aromatic rings. The van der Waals surface area contributed by atoms with E-state index in [-0.39, 0.29) is 5.75 Å². The maximum atomic E-state index is 10.4. The largest absolute Gasteiger partial charge is 0.504 e. The Kier molecular flexibility index (Phi) is 3.51. The first-order valence-electron chi connectivity index (χ1n) is 4.55. The van der Waals surface area contributed by atoms with Crippen molar-refractivity contribution in [3.05, 3.63) is 23.3 Å². The van der Waals surface area contributed by atoms with Gasteiger partial charge < -0.3 is 14.6 Å². The van der Waals surface area contributed by atoms with Crippen LogP contribution in [-0.4, -0.2) is 18.5 Å². The van der Waals surface area contributed by atoms with Gasteiger partial charge in [0.05, 0.1) is 7.11 Å². The number of aldehydes is 1. The van der Waals surface area contributed by atoms with Crippen LogP contribution in [0.25, 0.3) is 0 Å². The van der Waals surface area contributed by atoms with Gasteiger partial charge in [-0.3, -0.25) is 0 Å². The lowest BCUT2D eigenvalue weighted by Crippen LogP contribution is -1.96. The van der Waals surface area contributed by atoms with Gasteiger partial charge in [-0.1, -0.05) is 6.92 Å². The Labute approximate surface area is 83.3 Å². The van der Waals surface area contributed by atoms with Crippen LogP contribution >= 0.6 is 0 Å². The Morgan fingerprint density at radius 2 is 2.14 bits per heavy atom. The fourth-order valence-corrected chi connectivity index (χ4v) is 1.43. The Bertz CT molecular complexity index is 332. The summed E-state index contributed by atoms with van der Waals surface area (Å²) in [6.07, 6.45) is 2.01. The highest BCUT2D eigenvalue weighted by Crippen LogP contribution is 2.29. The number of rotatable bonds is 4. The molecule has 0 saturated carbocycles. The molecule has 0 aromatic heterocycles. The third kappa shape index (κ3) is 2.05. The van der Waals surface area contributed by atoms with Crippen LogP contribution in [0, 0.1) is 0 Å². The molecule has 0 aliphatic rings. The highest BCUT2D eigenvalue weighted by Gasteiger charge is 2.07. The number of benzene rings is 1. The van der Waals surface area contributed by atoms with Gasteiger partial charge in [-0.15, -0.1) is 0 Å². The maximum absolute atomic E-state index is 10.4. The second kappa shape index (κ2) is 4.65. The molecule has 1 N–H and O–H groups in total. The predicted molar refractivity (Wildman–Crippen MR) is 53.8 cm³/mol. The van der Waals surface area contributed by atoms with E-state index in [1.54, 1.807) is 12.1 Å². The number of phenolic OH excluding ortho intramolecular Hbond substituents is 1. The molecule has 0 atom stereocenters. The first-order chi connectivity index (χ1) is 6.72. The van der Waals surface area contributed by atoms with Crippen molar-refractivity contribution in [1.29, 1.82) is 0 Å². The van der Waals surface area contributed by atoms with E-state index >= 15 is 0 Å². The van der Waals surface area contributed by atoms with Crippen molar-refractivity contribution in [2.75, 3.05) is 7.11 Å². The summed E-state index contributed by atoms with van der Waals surface area (Å²) in [6, 6.07) is 3.36. The molecule has 76 valence electrons. The number of phenols is 1. The van der Waals surface area contributed by atoms with Gasteiger partial charge in [-0.2, -0.15) is 0 Å². The van der Waals surface area contributed by atoms with Crippen molar-refractivity contribution in [1.82, 2.24) is 0 Å². The molecular formula is C11H14O3. The predicted octanol–water partition coefficient (Wildman–Crippen LogP) is 1.70. The summed E-state index contributed by atoms with van der Waals surface area (Å²) in [5.74, 6) is 0.540. The minimum atomic E-state index is 0.124. The summed E-state index contributed by atoms with van der Waals surface area (Å²) in [5.41, 5.74) is 1.90. The van der Waals surface area contributed by atoms with Crippen LogP contribution in [0.3, 0.4) is 0 Å². The lowest BCUT2D eigenvalue weighted by atomic mass is 10.0. The lowest BCUT2D eigenvalue weighted by Gasteiger charge is -2.09. The molecule has 0 aliphatic heterocycles. The molecule has 3 nitrogen and oxygen atoms in total. The van der Waals surface area contributed by atoms with Gasteiger partial charge >= 0.3 is 0 Å². The average Bonchev–Trinajstić information content (AvgIpc) is 2.20. The number of carbonyl (C=O) groups is 1. The van der Waals surface area contributed by atoms with E-state index in [1.165, 1.54) is 7.11 Å². The van der Waals surface area contributed by atoms with Crippen molar-refractivity contribution in [3.8, 4) is 11.5 Å². The van der Waals surface area contributed by atoms with Gasteiger partial charge in [0.2, 0.25) is 0 Å². The molecule has 0 heterocycles. The van der Waals surface area contributed by atoms with E-state index in [9.17, 15) is 9.90 Å². The average molecular weight is 194 g/mol. The van der Waals surface area contributed by atoms with Crippen LogP contribution in [0.4, 0.5) is 0 Å². The molecule has 0 amide bonds. The number of ether oxygens (including phenoxy) is 1. The van der Waals surface area contributed by atoms with Gasteiger partial charge in [-0.05, 0) is 29.7 Å². The molecule has 1 aromatic carbocycles. The van der Waals surface area contributed by atoms with Gasteiger partial charge in [0.15, 0.2) is 11.5 Å². The quantitative estimate of drug-likeness (QED) is 0.742. The van der Waals surface area contributed by atoms with Crippen LogP contribution in [0.5, 0.6) is 11.5 Å². The zero-order valence-electron chi connectivity index (χ0n) is 8.41. The third-order valence-corrected chi connectivity index (χ3v) is 2.19. The van der Waals surface area contributed by atoms with E-state index in [0.29, 0.717) is 12.2 Å². The standard InChI is InChI=1S/C11H14O3/c1-3-8-6-10(13)11(14-2)7-9(8)4-5-12/h5-7,13H,3-4H2,1-2H3. The molecule has 1 rings (SSSR count). The molecular weight excluding hydrogens is 180 g/mol. The normalized spacial score (nSPS) is 9.86. The molecule has 0 radical (unpaired) electrons. The molecule has 0 fully saturated rings. The smallest absolute Gasteiger partial charge is 0.160 e. The van der Waals surface area contributed by atoms with Gasteiger partial charge in [0, 0.05) is 6.42 Å². The summed E-state index contributed by atoms with van der Waals surface area (Å²) in [7, 11) is 1.49. The molecule has 0 unspecified atom stereocenters. The summed E-state index contributed by atoms with van der Waals surface area (Å²) >= 11 is 0. The van der Waals surface area contributed by atoms with Crippen molar-refractivity contribution in [2.24, 2.45) is 0 Å². The minimum Gasteiger partial charge on any atom is -0.504 e. The summed E-state index contributed by atoms with van der Waals surface area (Å²) in [5, 5.41) is 9.50. The van der Waals surface area contributed by atoms with Crippen LogP contribution in [0.1, 0.15) is 18.1 Å². The molecule has 0 spiro atoms. The number of methoxy groups -OCH3 is 1. The molecule has 0 bridgehead atoms. The highest BCUT2D eigenvalue weighted by atomic mass is 16.5. The Morgan fingerprint density at radius 3 is 2.64 bits per heavy atom. The number of aromatic hydroxyl groups is 1. The first kappa shape index (κ1) is 10.6. The highest BCUT2D eigenvalue weighted by molar-refractivity contribution is 5.59. The SMILES string of the molecule is CCc1cc(O)c(OC)cc1CC=O. The van der Waals surface area contributed by atoms with Crippen molar-refractivity contribution in [2.45, 2.75) is 19.8 Å². The van der Waals surface area contributed by atoms with Crippen LogP contribution < -0.4 is 4.74 Å². The second-order valence-corrected chi connectivity index (χ2v) is 3.02. The van der Waals surface area contributed by atoms with Crippen molar-refractivity contribution in [3.63, 3.8) is 0 Å². The number of hydrogen-bond donors (Lipinski definition) is 1. The Balaban J connectivity index is 3.17. The van der Waals surface area contributed by atoms with Crippen LogP contribution in [0.2, 0.25) is 0 Å². The number of carbonyl (C=O) groups excluding carboxylic acids is 1. The third-order valence-electron chi connectivity index (χ3n) is 2.19. The van der Waals surface area contributed by atoms with Crippen LogP contribution in [0.15, 0.2) is 12.1 Å². The Morgan fingerprint density at radius 1 is 1.43 bits per heavy atom. The number of hydrogen-bond acceptors (Lipinski definition) is 3. The zero-order valence-corrected chi connectivity index (χ0v) is 8.41. The van der Waals surface area contributed by atoms with E-state index in [1.807, 2.05) is 6.92 Å². The zero-order chi connectivity index (χ0) is 10.6. The monoisotopic (exact) mass is 194 g/mol. The van der Waals surface area contributed by atoms with Gasteiger partial charge in [0.25, 0.3) is 0 Å². The first-order valence-corrected chi connectivity index (χ1v) is 4.55. The van der Waals surface area contributed by atoms with Gasteiger partial charge in [-0.25, -0.2) is 0 Å².